The van der Waals surface area contributed by atoms with Gasteiger partial charge in [-0.05, 0) is 36.4 Å². The SMILES string of the molecule is O=C(OC[C@H](OC(=O)c1ccccc1)[C@@H](OC(=O)c1ccccc1)[C@H](O)[C@H](O)CO)c1ccccc1. The van der Waals surface area contributed by atoms with Gasteiger partial charge in [0.15, 0.2) is 12.2 Å². The van der Waals surface area contributed by atoms with Crippen LogP contribution in [-0.4, -0.2) is 70.9 Å². The van der Waals surface area contributed by atoms with Crippen molar-refractivity contribution in [1.29, 1.82) is 0 Å². The van der Waals surface area contributed by atoms with E-state index in [1.165, 1.54) is 36.4 Å². The molecule has 4 atom stereocenters. The third-order valence-electron chi connectivity index (χ3n) is 5.19. The molecule has 0 aliphatic heterocycles. The molecule has 3 aromatic carbocycles. The quantitative estimate of drug-likeness (QED) is 0.270. The minimum Gasteiger partial charge on any atom is -0.458 e. The van der Waals surface area contributed by atoms with Gasteiger partial charge in [0.2, 0.25) is 0 Å². The molecular formula is C27H26O9. The van der Waals surface area contributed by atoms with E-state index >= 15 is 0 Å². The molecule has 0 saturated heterocycles. The molecule has 9 heteroatoms. The number of rotatable bonds is 11. The highest BCUT2D eigenvalue weighted by Gasteiger charge is 2.39. The highest BCUT2D eigenvalue weighted by atomic mass is 16.6. The molecule has 0 aliphatic carbocycles. The maximum Gasteiger partial charge on any atom is 0.338 e. The zero-order valence-corrected chi connectivity index (χ0v) is 19.2. The summed E-state index contributed by atoms with van der Waals surface area (Å²) in [6.45, 7) is -1.49. The molecule has 9 nitrogen and oxygen atoms in total. The number of ether oxygens (including phenoxy) is 3. The van der Waals surface area contributed by atoms with Crippen molar-refractivity contribution in [2.45, 2.75) is 24.4 Å². The summed E-state index contributed by atoms with van der Waals surface area (Å²) >= 11 is 0. The van der Waals surface area contributed by atoms with Gasteiger partial charge in [-0.2, -0.15) is 0 Å². The van der Waals surface area contributed by atoms with Gasteiger partial charge in [0.25, 0.3) is 0 Å². The molecule has 0 spiro atoms. The zero-order valence-electron chi connectivity index (χ0n) is 19.2. The minimum atomic E-state index is -1.88. The summed E-state index contributed by atoms with van der Waals surface area (Å²) < 4.78 is 16.2. The Hall–Kier alpha value is -4.05. The number of aliphatic hydroxyl groups is 3. The molecule has 36 heavy (non-hydrogen) atoms. The van der Waals surface area contributed by atoms with Crippen LogP contribution in [-0.2, 0) is 14.2 Å². The maximum absolute atomic E-state index is 12.8. The van der Waals surface area contributed by atoms with Gasteiger partial charge >= 0.3 is 17.9 Å². The van der Waals surface area contributed by atoms with Gasteiger partial charge < -0.3 is 29.5 Å². The van der Waals surface area contributed by atoms with Crippen molar-refractivity contribution < 1.29 is 43.9 Å². The third kappa shape index (κ3) is 7.22. The van der Waals surface area contributed by atoms with Gasteiger partial charge in [-0.3, -0.25) is 0 Å². The molecule has 0 aliphatic rings. The lowest BCUT2D eigenvalue weighted by molar-refractivity contribution is -0.132. The van der Waals surface area contributed by atoms with Crippen LogP contribution < -0.4 is 0 Å². The Bertz CT molecular complexity index is 1120. The second-order valence-electron chi connectivity index (χ2n) is 7.75. The van der Waals surface area contributed by atoms with Crippen molar-refractivity contribution in [2.24, 2.45) is 0 Å². The number of esters is 3. The molecule has 0 saturated carbocycles. The number of aliphatic hydroxyl groups excluding tert-OH is 3. The summed E-state index contributed by atoms with van der Waals surface area (Å²) in [7, 11) is 0. The topological polar surface area (TPSA) is 140 Å². The molecular weight excluding hydrogens is 468 g/mol. The number of carbonyl (C=O) groups excluding carboxylic acids is 3. The molecule has 188 valence electrons. The summed E-state index contributed by atoms with van der Waals surface area (Å²) in [5.41, 5.74) is 0.504. The lowest BCUT2D eigenvalue weighted by Crippen LogP contribution is -2.51. The number of carbonyl (C=O) groups is 3. The van der Waals surface area contributed by atoms with E-state index in [2.05, 4.69) is 0 Å². The van der Waals surface area contributed by atoms with Gasteiger partial charge in [0, 0.05) is 0 Å². The Morgan fingerprint density at radius 2 is 1.06 bits per heavy atom. The minimum absolute atomic E-state index is 0.127. The summed E-state index contributed by atoms with van der Waals surface area (Å²) in [6.07, 6.45) is -6.86. The van der Waals surface area contributed by atoms with Gasteiger partial charge in [0.1, 0.15) is 18.8 Å². The zero-order chi connectivity index (χ0) is 25.9. The van der Waals surface area contributed by atoms with Crippen LogP contribution in [0.15, 0.2) is 91.0 Å². The first-order valence-corrected chi connectivity index (χ1v) is 11.1. The monoisotopic (exact) mass is 494 g/mol. The predicted molar refractivity (Wildman–Crippen MR) is 127 cm³/mol. The van der Waals surface area contributed by atoms with Crippen LogP contribution in [0.2, 0.25) is 0 Å². The molecule has 0 aromatic heterocycles. The standard InChI is InChI=1S/C27H26O9/c28-16-21(29)23(30)24(36-27(33)20-14-8-3-9-15-20)22(35-26(32)19-12-6-2-7-13-19)17-34-25(31)18-10-4-1-5-11-18/h1-15,21-24,28-30H,16-17H2/t21-,22+,23-,24-/m1/s1. The smallest absolute Gasteiger partial charge is 0.338 e. The highest BCUT2D eigenvalue weighted by Crippen LogP contribution is 2.18. The van der Waals surface area contributed by atoms with E-state index in [0.29, 0.717) is 0 Å². The Morgan fingerprint density at radius 3 is 1.50 bits per heavy atom. The lowest BCUT2D eigenvalue weighted by atomic mass is 10.0. The third-order valence-corrected chi connectivity index (χ3v) is 5.19. The van der Waals surface area contributed by atoms with Crippen LogP contribution in [0.25, 0.3) is 0 Å². The second kappa shape index (κ2) is 13.1. The lowest BCUT2D eigenvalue weighted by Gasteiger charge is -2.31. The van der Waals surface area contributed by atoms with Crippen molar-refractivity contribution in [1.82, 2.24) is 0 Å². The van der Waals surface area contributed by atoms with Gasteiger partial charge in [-0.25, -0.2) is 14.4 Å². The van der Waals surface area contributed by atoms with Crippen LogP contribution in [0.4, 0.5) is 0 Å². The van der Waals surface area contributed by atoms with Gasteiger partial charge in [0.05, 0.1) is 23.3 Å². The molecule has 0 bridgehead atoms. The molecule has 0 unspecified atom stereocenters. The van der Waals surface area contributed by atoms with Crippen LogP contribution in [0.3, 0.4) is 0 Å². The number of hydrogen-bond donors (Lipinski definition) is 3. The Balaban J connectivity index is 1.89. The summed E-state index contributed by atoms with van der Waals surface area (Å²) in [6, 6.07) is 23.7. The Morgan fingerprint density at radius 1 is 0.639 bits per heavy atom. The Kier molecular flexibility index (Phi) is 9.70. The Labute approximate surface area is 207 Å². The first-order chi connectivity index (χ1) is 17.4. The van der Waals surface area contributed by atoms with Crippen molar-refractivity contribution in [3.05, 3.63) is 108 Å². The molecule has 3 rings (SSSR count). The van der Waals surface area contributed by atoms with Crippen molar-refractivity contribution in [3.8, 4) is 0 Å². The van der Waals surface area contributed by atoms with Crippen LogP contribution in [0.5, 0.6) is 0 Å². The fourth-order valence-electron chi connectivity index (χ4n) is 3.25. The first kappa shape index (κ1) is 26.6. The summed E-state index contributed by atoms with van der Waals surface area (Å²) in [5, 5.41) is 30.2. The van der Waals surface area contributed by atoms with E-state index < -0.39 is 55.5 Å². The normalized spacial score (nSPS) is 14.1. The van der Waals surface area contributed by atoms with E-state index in [9.17, 15) is 29.7 Å². The molecule has 3 aromatic rings. The molecule has 0 radical (unpaired) electrons. The van der Waals surface area contributed by atoms with Gasteiger partial charge in [-0.1, -0.05) is 54.6 Å². The molecule has 0 heterocycles. The van der Waals surface area contributed by atoms with E-state index in [1.54, 1.807) is 54.6 Å². The van der Waals surface area contributed by atoms with Crippen LogP contribution >= 0.6 is 0 Å². The summed E-state index contributed by atoms with van der Waals surface area (Å²) in [4.78, 5) is 38.1. The fourth-order valence-corrected chi connectivity index (χ4v) is 3.25. The second-order valence-corrected chi connectivity index (χ2v) is 7.75. The van der Waals surface area contributed by atoms with E-state index in [-0.39, 0.29) is 16.7 Å². The van der Waals surface area contributed by atoms with Crippen molar-refractivity contribution >= 4 is 17.9 Å². The fraction of sp³-hybridized carbons (Fsp3) is 0.222. The van der Waals surface area contributed by atoms with E-state index in [1.807, 2.05) is 0 Å². The highest BCUT2D eigenvalue weighted by molar-refractivity contribution is 5.91. The van der Waals surface area contributed by atoms with Crippen LogP contribution in [0, 0.1) is 0 Å². The molecule has 0 amide bonds. The summed E-state index contributed by atoms with van der Waals surface area (Å²) in [5.74, 6) is -2.48. The maximum atomic E-state index is 12.8. The van der Waals surface area contributed by atoms with E-state index in [0.717, 1.165) is 0 Å². The largest absolute Gasteiger partial charge is 0.458 e. The average molecular weight is 494 g/mol. The molecule has 0 fully saturated rings. The average Bonchev–Trinajstić information content (AvgIpc) is 2.94. The van der Waals surface area contributed by atoms with Crippen molar-refractivity contribution in [3.63, 3.8) is 0 Å². The molecule has 3 N–H and O–H groups in total. The number of benzene rings is 3. The van der Waals surface area contributed by atoms with Crippen LogP contribution in [0.1, 0.15) is 31.1 Å². The first-order valence-electron chi connectivity index (χ1n) is 11.1. The van der Waals surface area contributed by atoms with Gasteiger partial charge in [-0.15, -0.1) is 0 Å². The van der Waals surface area contributed by atoms with E-state index in [4.69, 9.17) is 14.2 Å². The predicted octanol–water partition coefficient (Wildman–Crippen LogP) is 2.01. The van der Waals surface area contributed by atoms with Crippen molar-refractivity contribution in [2.75, 3.05) is 13.2 Å². The number of hydrogen-bond acceptors (Lipinski definition) is 9.